The number of amides is 1. The lowest BCUT2D eigenvalue weighted by molar-refractivity contribution is -0.119. The van der Waals surface area contributed by atoms with Crippen molar-refractivity contribution < 1.29 is 4.79 Å². The van der Waals surface area contributed by atoms with Gasteiger partial charge in [-0.15, -0.1) is 10.2 Å². The van der Waals surface area contributed by atoms with Gasteiger partial charge < -0.3 is 5.32 Å². The molecule has 0 bridgehead atoms. The molecule has 0 fully saturated rings. The highest BCUT2D eigenvalue weighted by molar-refractivity contribution is 7.99. The van der Waals surface area contributed by atoms with E-state index in [9.17, 15) is 4.79 Å². The first-order valence-electron chi connectivity index (χ1n) is 9.94. The first-order valence-corrected chi connectivity index (χ1v) is 10.9. The van der Waals surface area contributed by atoms with Gasteiger partial charge in [-0.25, -0.2) is 0 Å². The van der Waals surface area contributed by atoms with Gasteiger partial charge in [-0.3, -0.25) is 9.20 Å². The van der Waals surface area contributed by atoms with Crippen molar-refractivity contribution >= 4 is 34.2 Å². The number of thioether (sulfide) groups is 1. The van der Waals surface area contributed by atoms with Gasteiger partial charge in [0.2, 0.25) is 5.91 Å². The first kappa shape index (κ1) is 18.2. The average Bonchev–Trinajstić information content (AvgIpc) is 3.16. The molecule has 29 heavy (non-hydrogen) atoms. The van der Waals surface area contributed by atoms with Crippen molar-refractivity contribution in [3.05, 3.63) is 71.3 Å². The van der Waals surface area contributed by atoms with Gasteiger partial charge in [0, 0.05) is 5.39 Å². The number of rotatable bonds is 4. The summed E-state index contributed by atoms with van der Waals surface area (Å²) in [6.07, 6.45) is 3.19. The van der Waals surface area contributed by atoms with Gasteiger partial charge in [0.15, 0.2) is 10.8 Å². The number of nitrogens with zero attached hydrogens (tertiary/aromatic N) is 3. The third-order valence-corrected chi connectivity index (χ3v) is 6.54. The molecule has 5 nitrogen and oxygen atoms in total. The van der Waals surface area contributed by atoms with Crippen LogP contribution in [0.3, 0.4) is 0 Å². The van der Waals surface area contributed by atoms with Crippen LogP contribution in [0.15, 0.2) is 59.8 Å². The van der Waals surface area contributed by atoms with Crippen molar-refractivity contribution in [1.29, 1.82) is 0 Å². The van der Waals surface area contributed by atoms with Gasteiger partial charge in [-0.2, -0.15) is 0 Å². The molecule has 1 aliphatic carbocycles. The molecule has 1 unspecified atom stereocenters. The molecule has 146 valence electrons. The highest BCUT2D eigenvalue weighted by Gasteiger charge is 2.22. The van der Waals surface area contributed by atoms with E-state index in [2.05, 4.69) is 52.8 Å². The Labute approximate surface area is 173 Å². The number of hydrogen-bond acceptors (Lipinski definition) is 4. The van der Waals surface area contributed by atoms with E-state index in [1.807, 2.05) is 28.7 Å². The molecular formula is C23H22N4OS. The Kier molecular flexibility index (Phi) is 4.72. The summed E-state index contributed by atoms with van der Waals surface area (Å²) < 4.78 is 2.04. The van der Waals surface area contributed by atoms with Crippen LogP contribution in [0, 0.1) is 6.92 Å². The Morgan fingerprint density at radius 2 is 2.00 bits per heavy atom. The molecule has 1 N–H and O–H groups in total. The van der Waals surface area contributed by atoms with Crippen LogP contribution in [0.5, 0.6) is 0 Å². The molecule has 0 spiro atoms. The molecule has 1 atom stereocenters. The van der Waals surface area contributed by atoms with Crippen molar-refractivity contribution in [3.8, 4) is 0 Å². The number of aromatic nitrogens is 3. The van der Waals surface area contributed by atoms with Crippen LogP contribution >= 0.6 is 11.8 Å². The van der Waals surface area contributed by atoms with E-state index in [4.69, 9.17) is 0 Å². The number of carbonyl (C=O) groups is 1. The second kappa shape index (κ2) is 7.52. The molecule has 5 rings (SSSR count). The number of fused-ring (bicyclic) bond motifs is 4. The van der Waals surface area contributed by atoms with E-state index in [1.165, 1.54) is 33.8 Å². The van der Waals surface area contributed by atoms with Crippen LogP contribution in [0.1, 0.15) is 35.6 Å². The van der Waals surface area contributed by atoms with Crippen LogP contribution in [0.2, 0.25) is 0 Å². The minimum atomic E-state index is 0.0323. The molecule has 2 heterocycles. The second-order valence-electron chi connectivity index (χ2n) is 7.52. The highest BCUT2D eigenvalue weighted by atomic mass is 32.2. The van der Waals surface area contributed by atoms with Crippen LogP contribution in [-0.2, 0) is 11.2 Å². The molecule has 4 aromatic rings. The molecular weight excluding hydrogens is 380 g/mol. The van der Waals surface area contributed by atoms with E-state index in [0.29, 0.717) is 5.75 Å². The lowest BCUT2D eigenvalue weighted by Crippen LogP contribution is -2.32. The largest absolute Gasteiger partial charge is 0.349 e. The van der Waals surface area contributed by atoms with E-state index in [0.717, 1.165) is 35.6 Å². The third kappa shape index (κ3) is 3.38. The summed E-state index contributed by atoms with van der Waals surface area (Å²) in [7, 11) is 0. The van der Waals surface area contributed by atoms with Gasteiger partial charge >= 0.3 is 0 Å². The minimum Gasteiger partial charge on any atom is -0.349 e. The SMILES string of the molecule is Cc1cc2nnc(SCC(=O)NC3CCCc4ccccc43)n2c2ccccc12. The fraction of sp³-hybridized carbons (Fsp3) is 0.261. The van der Waals surface area contributed by atoms with Gasteiger partial charge in [0.05, 0.1) is 17.3 Å². The maximum Gasteiger partial charge on any atom is 0.230 e. The topological polar surface area (TPSA) is 59.3 Å². The van der Waals surface area contributed by atoms with Crippen LogP contribution in [-0.4, -0.2) is 26.3 Å². The smallest absolute Gasteiger partial charge is 0.230 e. The molecule has 2 aromatic heterocycles. The number of para-hydroxylation sites is 1. The summed E-state index contributed by atoms with van der Waals surface area (Å²) in [5, 5.41) is 13.8. The van der Waals surface area contributed by atoms with E-state index < -0.39 is 0 Å². The highest BCUT2D eigenvalue weighted by Crippen LogP contribution is 2.30. The zero-order valence-corrected chi connectivity index (χ0v) is 17.1. The van der Waals surface area contributed by atoms with Crippen molar-refractivity contribution in [1.82, 2.24) is 19.9 Å². The number of nitrogens with one attached hydrogen (secondary N) is 1. The molecule has 2 aromatic carbocycles. The number of aryl methyl sites for hydroxylation is 2. The Morgan fingerprint density at radius 1 is 1.17 bits per heavy atom. The molecule has 0 radical (unpaired) electrons. The predicted octanol–water partition coefficient (Wildman–Crippen LogP) is 4.48. The van der Waals surface area contributed by atoms with E-state index >= 15 is 0 Å². The van der Waals surface area contributed by atoms with Gasteiger partial charge in [0.1, 0.15) is 0 Å². The molecule has 0 saturated carbocycles. The lowest BCUT2D eigenvalue weighted by Gasteiger charge is -2.26. The van der Waals surface area contributed by atoms with E-state index in [1.54, 1.807) is 0 Å². The van der Waals surface area contributed by atoms with Gasteiger partial charge in [-0.1, -0.05) is 54.2 Å². The van der Waals surface area contributed by atoms with Crippen molar-refractivity contribution in [2.75, 3.05) is 5.75 Å². The van der Waals surface area contributed by atoms with Crippen LogP contribution < -0.4 is 5.32 Å². The summed E-state index contributed by atoms with van der Waals surface area (Å²) in [5.74, 6) is 0.353. The summed E-state index contributed by atoms with van der Waals surface area (Å²) >= 11 is 1.43. The predicted molar refractivity (Wildman–Crippen MR) is 116 cm³/mol. The van der Waals surface area contributed by atoms with Crippen molar-refractivity contribution in [2.24, 2.45) is 0 Å². The Balaban J connectivity index is 1.35. The first-order chi connectivity index (χ1) is 14.2. The summed E-state index contributed by atoms with van der Waals surface area (Å²) in [6, 6.07) is 18.8. The number of pyridine rings is 1. The molecule has 0 saturated heterocycles. The molecule has 1 amide bonds. The normalized spacial score (nSPS) is 16.1. The number of benzene rings is 2. The summed E-state index contributed by atoms with van der Waals surface area (Å²) in [6.45, 7) is 2.08. The fourth-order valence-electron chi connectivity index (χ4n) is 4.24. The second-order valence-corrected chi connectivity index (χ2v) is 8.46. The average molecular weight is 403 g/mol. The number of carbonyl (C=O) groups excluding carboxylic acids is 1. The summed E-state index contributed by atoms with van der Waals surface area (Å²) in [5.41, 5.74) is 5.65. The standard InChI is InChI=1S/C23H22N4OS/c1-15-13-21-25-26-23(27(21)20-12-5-4-9-17(15)20)29-14-22(28)24-19-11-6-8-16-7-2-3-10-18(16)19/h2-5,7,9-10,12-13,19H,6,8,11,14H2,1H3,(H,24,28). The van der Waals surface area contributed by atoms with Gasteiger partial charge in [-0.05, 0) is 55.0 Å². The Hall–Kier alpha value is -2.86. The molecule has 0 aliphatic heterocycles. The molecule has 1 aliphatic rings. The monoisotopic (exact) mass is 402 g/mol. The molecule has 6 heteroatoms. The zero-order valence-electron chi connectivity index (χ0n) is 16.3. The third-order valence-electron chi connectivity index (χ3n) is 5.61. The maximum absolute atomic E-state index is 12.7. The van der Waals surface area contributed by atoms with Gasteiger partial charge in [0.25, 0.3) is 0 Å². The maximum atomic E-state index is 12.7. The van der Waals surface area contributed by atoms with Crippen molar-refractivity contribution in [3.63, 3.8) is 0 Å². The quantitative estimate of drug-likeness (QED) is 0.512. The minimum absolute atomic E-state index is 0.0323. The van der Waals surface area contributed by atoms with Crippen LogP contribution in [0.25, 0.3) is 16.6 Å². The Bertz CT molecular complexity index is 1220. The number of hydrogen-bond donors (Lipinski definition) is 1. The lowest BCUT2D eigenvalue weighted by atomic mass is 9.88. The van der Waals surface area contributed by atoms with Crippen LogP contribution in [0.4, 0.5) is 0 Å². The fourth-order valence-corrected chi connectivity index (χ4v) is 5.00. The van der Waals surface area contributed by atoms with E-state index in [-0.39, 0.29) is 11.9 Å². The van der Waals surface area contributed by atoms with Crippen molar-refractivity contribution in [2.45, 2.75) is 37.4 Å². The zero-order chi connectivity index (χ0) is 19.8. The summed E-state index contributed by atoms with van der Waals surface area (Å²) in [4.78, 5) is 12.7. The Morgan fingerprint density at radius 3 is 2.93 bits per heavy atom.